The highest BCUT2D eigenvalue weighted by atomic mass is 16.5. The summed E-state index contributed by atoms with van der Waals surface area (Å²) in [7, 11) is 1.65. The van der Waals surface area contributed by atoms with Gasteiger partial charge in [0.1, 0.15) is 5.75 Å². The third-order valence-corrected chi connectivity index (χ3v) is 2.66. The van der Waals surface area contributed by atoms with Crippen LogP contribution in [-0.4, -0.2) is 17.3 Å². The molecule has 0 spiro atoms. The molecule has 2 aromatic rings. The summed E-state index contributed by atoms with van der Waals surface area (Å²) >= 11 is 0. The second-order valence-electron chi connectivity index (χ2n) is 4.02. The molecule has 4 heteroatoms. The van der Waals surface area contributed by atoms with E-state index >= 15 is 0 Å². The van der Waals surface area contributed by atoms with E-state index in [1.54, 1.807) is 7.11 Å². The Balaban J connectivity index is 2.57. The fourth-order valence-corrected chi connectivity index (χ4v) is 1.88. The van der Waals surface area contributed by atoms with E-state index < -0.39 is 0 Å². The summed E-state index contributed by atoms with van der Waals surface area (Å²) in [6.45, 7) is 6.04. The molecule has 0 unspecified atom stereocenters. The van der Waals surface area contributed by atoms with Crippen molar-refractivity contribution in [2.24, 2.45) is 0 Å². The van der Waals surface area contributed by atoms with Crippen molar-refractivity contribution in [3.63, 3.8) is 0 Å². The molecule has 0 aliphatic rings. The molecule has 0 aliphatic carbocycles. The molecule has 2 rings (SSSR count). The van der Waals surface area contributed by atoms with Crippen LogP contribution in [0.3, 0.4) is 0 Å². The van der Waals surface area contributed by atoms with Crippen LogP contribution in [0.5, 0.6) is 5.75 Å². The summed E-state index contributed by atoms with van der Waals surface area (Å²) in [4.78, 5) is 4.34. The van der Waals surface area contributed by atoms with Gasteiger partial charge < -0.3 is 9.26 Å². The van der Waals surface area contributed by atoms with Crippen LogP contribution in [0.15, 0.2) is 16.7 Å². The molecule has 0 N–H and O–H groups in total. The maximum atomic E-state index is 5.38. The van der Waals surface area contributed by atoms with Crippen LogP contribution < -0.4 is 4.74 Å². The van der Waals surface area contributed by atoms with Crippen molar-refractivity contribution in [1.82, 2.24) is 10.1 Å². The third kappa shape index (κ3) is 2.16. The maximum Gasteiger partial charge on any atom is 0.226 e. The van der Waals surface area contributed by atoms with Gasteiger partial charge in [-0.2, -0.15) is 4.98 Å². The van der Waals surface area contributed by atoms with Gasteiger partial charge in [0.05, 0.1) is 12.7 Å². The Morgan fingerprint density at radius 2 is 2.06 bits per heavy atom. The highest BCUT2D eigenvalue weighted by Gasteiger charge is 2.15. The van der Waals surface area contributed by atoms with E-state index in [4.69, 9.17) is 9.26 Å². The number of hydrogen-bond acceptors (Lipinski definition) is 4. The molecule has 1 aromatic heterocycles. The predicted molar refractivity (Wildman–Crippen MR) is 65.1 cm³/mol. The highest BCUT2D eigenvalue weighted by molar-refractivity contribution is 5.68. The predicted octanol–water partition coefficient (Wildman–Crippen LogP) is 2.92. The second kappa shape index (κ2) is 4.57. The van der Waals surface area contributed by atoms with Crippen LogP contribution in [0.1, 0.15) is 23.9 Å². The first-order chi connectivity index (χ1) is 8.15. The summed E-state index contributed by atoms with van der Waals surface area (Å²) in [6.07, 6.45) is 0.736. The molecule has 0 amide bonds. The monoisotopic (exact) mass is 232 g/mol. The van der Waals surface area contributed by atoms with Gasteiger partial charge >= 0.3 is 0 Å². The zero-order valence-electron chi connectivity index (χ0n) is 10.6. The molecule has 90 valence electrons. The van der Waals surface area contributed by atoms with E-state index in [1.807, 2.05) is 26.8 Å². The number of rotatable bonds is 3. The molecule has 4 nitrogen and oxygen atoms in total. The molecule has 0 bridgehead atoms. The lowest BCUT2D eigenvalue weighted by atomic mass is 10.0. The number of benzene rings is 1. The van der Waals surface area contributed by atoms with Gasteiger partial charge in [0.25, 0.3) is 0 Å². The van der Waals surface area contributed by atoms with Gasteiger partial charge in [0.15, 0.2) is 0 Å². The molecular weight excluding hydrogens is 216 g/mol. The van der Waals surface area contributed by atoms with E-state index in [0.29, 0.717) is 11.7 Å². The van der Waals surface area contributed by atoms with Crippen molar-refractivity contribution in [2.45, 2.75) is 27.2 Å². The smallest absolute Gasteiger partial charge is 0.226 e. The van der Waals surface area contributed by atoms with E-state index in [2.05, 4.69) is 16.2 Å². The van der Waals surface area contributed by atoms with Gasteiger partial charge in [0.2, 0.25) is 11.7 Å². The van der Waals surface area contributed by atoms with Gasteiger partial charge in [0, 0.05) is 6.42 Å². The fourth-order valence-electron chi connectivity index (χ4n) is 1.88. The van der Waals surface area contributed by atoms with Crippen LogP contribution in [0.2, 0.25) is 0 Å². The van der Waals surface area contributed by atoms with Gasteiger partial charge in [-0.15, -0.1) is 0 Å². The summed E-state index contributed by atoms with van der Waals surface area (Å²) in [5.74, 6) is 2.02. The van der Waals surface area contributed by atoms with Crippen molar-refractivity contribution < 1.29 is 9.26 Å². The van der Waals surface area contributed by atoms with Gasteiger partial charge in [-0.25, -0.2) is 0 Å². The Hall–Kier alpha value is -1.84. The third-order valence-electron chi connectivity index (χ3n) is 2.66. The number of methoxy groups -OCH3 is 1. The average Bonchev–Trinajstić information content (AvgIpc) is 2.76. The number of aryl methyl sites for hydroxylation is 3. The Kier molecular flexibility index (Phi) is 3.13. The molecule has 0 saturated carbocycles. The summed E-state index contributed by atoms with van der Waals surface area (Å²) in [5.41, 5.74) is 3.15. The molecule has 0 atom stereocenters. The van der Waals surface area contributed by atoms with Gasteiger partial charge in [-0.1, -0.05) is 18.1 Å². The SMILES string of the molecule is CCc1nc(-c2c(C)cc(C)cc2OC)no1. The molecule has 1 heterocycles. The first-order valence-corrected chi connectivity index (χ1v) is 5.64. The van der Waals surface area contributed by atoms with Crippen molar-refractivity contribution >= 4 is 0 Å². The maximum absolute atomic E-state index is 5.38. The Morgan fingerprint density at radius 1 is 1.29 bits per heavy atom. The van der Waals surface area contributed by atoms with Gasteiger partial charge in [-0.05, 0) is 31.0 Å². The molecular formula is C13H16N2O2. The summed E-state index contributed by atoms with van der Waals surface area (Å²) in [6, 6.07) is 4.06. The second-order valence-corrected chi connectivity index (χ2v) is 4.02. The van der Waals surface area contributed by atoms with Crippen LogP contribution in [0, 0.1) is 13.8 Å². The number of hydrogen-bond donors (Lipinski definition) is 0. The average molecular weight is 232 g/mol. The highest BCUT2D eigenvalue weighted by Crippen LogP contribution is 2.32. The molecule has 0 saturated heterocycles. The fraction of sp³-hybridized carbons (Fsp3) is 0.385. The van der Waals surface area contributed by atoms with E-state index in [1.165, 1.54) is 0 Å². The molecule has 0 fully saturated rings. The standard InChI is InChI=1S/C13H16N2O2/c1-5-11-14-13(15-17-11)12-9(3)6-8(2)7-10(12)16-4/h6-7H,5H2,1-4H3. The van der Waals surface area contributed by atoms with Crippen LogP contribution in [0.25, 0.3) is 11.4 Å². The van der Waals surface area contributed by atoms with Crippen molar-refractivity contribution in [3.05, 3.63) is 29.2 Å². The topological polar surface area (TPSA) is 48.2 Å². The zero-order chi connectivity index (χ0) is 12.4. The lowest BCUT2D eigenvalue weighted by Crippen LogP contribution is -1.94. The lowest BCUT2D eigenvalue weighted by molar-refractivity contribution is 0.382. The minimum absolute atomic E-state index is 0.594. The molecule has 17 heavy (non-hydrogen) atoms. The lowest BCUT2D eigenvalue weighted by Gasteiger charge is -2.09. The number of aromatic nitrogens is 2. The summed E-state index contributed by atoms with van der Waals surface area (Å²) < 4.78 is 10.5. The van der Waals surface area contributed by atoms with Crippen LogP contribution in [0.4, 0.5) is 0 Å². The first-order valence-electron chi connectivity index (χ1n) is 5.64. The number of ether oxygens (including phenoxy) is 1. The first kappa shape index (κ1) is 11.6. The Bertz CT molecular complexity index is 532. The largest absolute Gasteiger partial charge is 0.496 e. The van der Waals surface area contributed by atoms with Gasteiger partial charge in [-0.3, -0.25) is 0 Å². The van der Waals surface area contributed by atoms with E-state index in [-0.39, 0.29) is 0 Å². The van der Waals surface area contributed by atoms with Crippen molar-refractivity contribution in [1.29, 1.82) is 0 Å². The normalized spacial score (nSPS) is 10.6. The van der Waals surface area contributed by atoms with Crippen LogP contribution in [-0.2, 0) is 6.42 Å². The minimum atomic E-state index is 0.594. The Morgan fingerprint density at radius 3 is 2.65 bits per heavy atom. The Labute approximate surface area is 101 Å². The molecule has 0 aliphatic heterocycles. The summed E-state index contributed by atoms with van der Waals surface area (Å²) in [5, 5.41) is 3.99. The van der Waals surface area contributed by atoms with E-state index in [9.17, 15) is 0 Å². The zero-order valence-corrected chi connectivity index (χ0v) is 10.6. The van der Waals surface area contributed by atoms with Crippen molar-refractivity contribution in [2.75, 3.05) is 7.11 Å². The van der Waals surface area contributed by atoms with Crippen LogP contribution >= 0.6 is 0 Å². The van der Waals surface area contributed by atoms with Crippen molar-refractivity contribution in [3.8, 4) is 17.1 Å². The van der Waals surface area contributed by atoms with E-state index in [0.717, 1.165) is 28.9 Å². The number of nitrogens with zero attached hydrogens (tertiary/aromatic N) is 2. The molecule has 1 aromatic carbocycles. The molecule has 0 radical (unpaired) electrons. The minimum Gasteiger partial charge on any atom is -0.496 e. The quantitative estimate of drug-likeness (QED) is 0.816.